The molecule has 1 amide bonds. The minimum Gasteiger partial charge on any atom is -0.493 e. The van der Waals surface area contributed by atoms with Crippen molar-refractivity contribution in [3.05, 3.63) is 65.2 Å². The van der Waals surface area contributed by atoms with E-state index in [2.05, 4.69) is 17.1 Å². The van der Waals surface area contributed by atoms with Crippen LogP contribution >= 0.6 is 0 Å². The van der Waals surface area contributed by atoms with Gasteiger partial charge in [0.1, 0.15) is 5.75 Å². The third kappa shape index (κ3) is 7.23. The van der Waals surface area contributed by atoms with Crippen LogP contribution < -0.4 is 10.1 Å². The molecule has 0 aromatic heterocycles. The van der Waals surface area contributed by atoms with Crippen molar-refractivity contribution in [2.75, 3.05) is 32.8 Å². The lowest BCUT2D eigenvalue weighted by Crippen LogP contribution is -2.42. The van der Waals surface area contributed by atoms with Crippen molar-refractivity contribution in [3.8, 4) is 5.75 Å². The van der Waals surface area contributed by atoms with Crippen molar-refractivity contribution in [1.29, 1.82) is 0 Å². The molecule has 0 radical (unpaired) electrons. The normalized spacial score (nSPS) is 19.1. The first kappa shape index (κ1) is 26.1. The molecule has 1 aliphatic rings. The van der Waals surface area contributed by atoms with Gasteiger partial charge in [0.2, 0.25) is 0 Å². The number of carbonyl (C=O) groups excluding carboxylic acids is 1. The van der Waals surface area contributed by atoms with E-state index in [4.69, 9.17) is 4.74 Å². The van der Waals surface area contributed by atoms with Gasteiger partial charge in [-0.15, -0.1) is 0 Å². The van der Waals surface area contributed by atoms with Gasteiger partial charge in [-0.2, -0.15) is 13.2 Å². The average molecular weight is 477 g/mol. The van der Waals surface area contributed by atoms with Crippen LogP contribution in [0.2, 0.25) is 0 Å². The van der Waals surface area contributed by atoms with Crippen molar-refractivity contribution in [2.45, 2.75) is 51.6 Å². The number of halogens is 3. The summed E-state index contributed by atoms with van der Waals surface area (Å²) < 4.78 is 44.5. The predicted octanol–water partition coefficient (Wildman–Crippen LogP) is 6.13. The Morgan fingerprint density at radius 1 is 1.06 bits per heavy atom. The molecule has 0 spiro atoms. The van der Waals surface area contributed by atoms with Gasteiger partial charge in [-0.1, -0.05) is 31.9 Å². The average Bonchev–Trinajstić information content (AvgIpc) is 2.83. The second kappa shape index (κ2) is 12.2. The third-order valence-corrected chi connectivity index (χ3v) is 6.48. The molecule has 0 unspecified atom stereocenters. The Morgan fingerprint density at radius 2 is 1.76 bits per heavy atom. The molecular formula is C27H35F3N2O2. The largest absolute Gasteiger partial charge is 0.493 e. The molecule has 0 bridgehead atoms. The Bertz CT molecular complexity index is 898. The van der Waals surface area contributed by atoms with Crippen LogP contribution in [0.1, 0.15) is 66.9 Å². The highest BCUT2D eigenvalue weighted by Gasteiger charge is 2.32. The van der Waals surface area contributed by atoms with E-state index in [-0.39, 0.29) is 17.7 Å². The van der Waals surface area contributed by atoms with E-state index in [1.54, 1.807) is 0 Å². The fraction of sp³-hybridized carbons (Fsp3) is 0.519. The summed E-state index contributed by atoms with van der Waals surface area (Å²) in [6.45, 7) is 8.03. The number of nitrogens with one attached hydrogen (secondary N) is 1. The van der Waals surface area contributed by atoms with Crippen LogP contribution in [0.4, 0.5) is 13.2 Å². The maximum atomic E-state index is 12.9. The number of alkyl halides is 3. The van der Waals surface area contributed by atoms with E-state index in [0.717, 1.165) is 44.6 Å². The van der Waals surface area contributed by atoms with Gasteiger partial charge in [0, 0.05) is 24.6 Å². The molecule has 2 aromatic rings. The number of carbonyl (C=O) groups is 1. The summed E-state index contributed by atoms with van der Waals surface area (Å²) in [5.74, 6) is 0.830. The Balaban J connectivity index is 1.70. The first-order chi connectivity index (χ1) is 16.3. The van der Waals surface area contributed by atoms with Gasteiger partial charge < -0.3 is 15.0 Å². The maximum Gasteiger partial charge on any atom is 0.416 e. The first-order valence-electron chi connectivity index (χ1n) is 12.2. The predicted molar refractivity (Wildman–Crippen MR) is 128 cm³/mol. The van der Waals surface area contributed by atoms with Gasteiger partial charge in [-0.05, 0) is 80.7 Å². The summed E-state index contributed by atoms with van der Waals surface area (Å²) in [6.07, 6.45) is 0.164. The monoisotopic (exact) mass is 476 g/mol. The summed E-state index contributed by atoms with van der Waals surface area (Å²) >= 11 is 0. The minimum atomic E-state index is -4.35. The van der Waals surface area contributed by atoms with Crippen LogP contribution in [0, 0.1) is 5.92 Å². The standard InChI is InChI=1S/C27H35F3N2O2/c1-3-5-6-16-32-17-15-25(20-7-9-21(10-8-20)26(33)31-4-2)22(18-32)19-34-24-13-11-23(12-14-24)27(28,29)30/h7-14,22,25H,3-6,15-19H2,1-2H3,(H,31,33)/t22-,25-/m0/s1. The molecule has 2 atom stereocenters. The quantitative estimate of drug-likeness (QED) is 0.420. The van der Waals surface area contributed by atoms with Crippen LogP contribution in [0.15, 0.2) is 48.5 Å². The van der Waals surface area contributed by atoms with E-state index >= 15 is 0 Å². The summed E-state index contributed by atoms with van der Waals surface area (Å²) in [5.41, 5.74) is 1.13. The lowest BCUT2D eigenvalue weighted by Gasteiger charge is -2.39. The number of benzene rings is 2. The fourth-order valence-corrected chi connectivity index (χ4v) is 4.59. The minimum absolute atomic E-state index is 0.0815. The molecule has 3 rings (SSSR count). The smallest absolute Gasteiger partial charge is 0.416 e. The Hall–Kier alpha value is -2.54. The maximum absolute atomic E-state index is 12.9. The number of hydrogen-bond acceptors (Lipinski definition) is 3. The van der Waals surface area contributed by atoms with Gasteiger partial charge in [-0.25, -0.2) is 0 Å². The number of nitrogens with zero attached hydrogens (tertiary/aromatic N) is 1. The van der Waals surface area contributed by atoms with E-state index in [1.807, 2.05) is 31.2 Å². The van der Waals surface area contributed by atoms with Crippen molar-refractivity contribution in [2.24, 2.45) is 5.92 Å². The van der Waals surface area contributed by atoms with Gasteiger partial charge in [0.15, 0.2) is 0 Å². The summed E-state index contributed by atoms with van der Waals surface area (Å²) in [7, 11) is 0. The molecule has 0 aliphatic carbocycles. The van der Waals surface area contributed by atoms with Crippen molar-refractivity contribution in [1.82, 2.24) is 10.2 Å². The Kier molecular flexibility index (Phi) is 9.39. The summed E-state index contributed by atoms with van der Waals surface area (Å²) in [4.78, 5) is 14.6. The number of amides is 1. The van der Waals surface area contributed by atoms with Crippen molar-refractivity contribution in [3.63, 3.8) is 0 Å². The number of unbranched alkanes of at least 4 members (excludes halogenated alkanes) is 2. The van der Waals surface area contributed by atoms with Gasteiger partial charge in [0.05, 0.1) is 12.2 Å². The topological polar surface area (TPSA) is 41.6 Å². The number of likely N-dealkylation sites (tertiary alicyclic amines) is 1. The molecular weight excluding hydrogens is 441 g/mol. The summed E-state index contributed by atoms with van der Waals surface area (Å²) in [5, 5.41) is 2.82. The lowest BCUT2D eigenvalue weighted by molar-refractivity contribution is -0.137. The Labute approximate surface area is 200 Å². The van der Waals surface area contributed by atoms with Crippen LogP contribution in [0.5, 0.6) is 5.75 Å². The SMILES string of the molecule is CCCCCN1CC[C@@H](c2ccc(C(=O)NCC)cc2)[C@H](COc2ccc(C(F)(F)F)cc2)C1. The number of hydrogen-bond donors (Lipinski definition) is 1. The number of piperidine rings is 1. The van der Waals surface area contributed by atoms with Crippen LogP contribution in [0.3, 0.4) is 0 Å². The second-order valence-corrected chi connectivity index (χ2v) is 8.98. The first-order valence-corrected chi connectivity index (χ1v) is 12.2. The third-order valence-electron chi connectivity index (χ3n) is 6.48. The van der Waals surface area contributed by atoms with E-state index in [1.165, 1.54) is 30.5 Å². The zero-order chi connectivity index (χ0) is 24.6. The van der Waals surface area contributed by atoms with Crippen molar-refractivity contribution >= 4 is 5.91 Å². The highest BCUT2D eigenvalue weighted by Crippen LogP contribution is 2.35. The highest BCUT2D eigenvalue weighted by molar-refractivity contribution is 5.94. The lowest BCUT2D eigenvalue weighted by atomic mass is 9.80. The molecule has 1 N–H and O–H groups in total. The highest BCUT2D eigenvalue weighted by atomic mass is 19.4. The number of ether oxygens (including phenoxy) is 1. The molecule has 1 aliphatic heterocycles. The second-order valence-electron chi connectivity index (χ2n) is 8.98. The van der Waals surface area contributed by atoms with Crippen molar-refractivity contribution < 1.29 is 22.7 Å². The zero-order valence-electron chi connectivity index (χ0n) is 20.0. The molecule has 1 fully saturated rings. The molecule has 4 nitrogen and oxygen atoms in total. The van der Waals surface area contributed by atoms with Gasteiger partial charge in [0.25, 0.3) is 5.91 Å². The van der Waals surface area contributed by atoms with Gasteiger partial charge >= 0.3 is 6.18 Å². The Morgan fingerprint density at radius 3 is 2.38 bits per heavy atom. The van der Waals surface area contributed by atoms with Crippen LogP contribution in [-0.4, -0.2) is 43.6 Å². The molecule has 34 heavy (non-hydrogen) atoms. The van der Waals surface area contributed by atoms with Crippen LogP contribution in [0.25, 0.3) is 0 Å². The van der Waals surface area contributed by atoms with E-state index in [9.17, 15) is 18.0 Å². The summed E-state index contributed by atoms with van der Waals surface area (Å²) in [6, 6.07) is 12.7. The van der Waals surface area contributed by atoms with Gasteiger partial charge in [-0.3, -0.25) is 4.79 Å². The van der Waals surface area contributed by atoms with E-state index < -0.39 is 11.7 Å². The molecule has 0 saturated carbocycles. The molecule has 186 valence electrons. The number of rotatable bonds is 10. The zero-order valence-corrected chi connectivity index (χ0v) is 20.0. The molecule has 2 aromatic carbocycles. The molecule has 1 heterocycles. The van der Waals surface area contributed by atoms with Crippen LogP contribution in [-0.2, 0) is 6.18 Å². The fourth-order valence-electron chi connectivity index (χ4n) is 4.59. The molecule has 7 heteroatoms. The van der Waals surface area contributed by atoms with E-state index in [0.29, 0.717) is 24.5 Å². The molecule has 1 saturated heterocycles.